The van der Waals surface area contributed by atoms with Gasteiger partial charge in [-0.2, -0.15) is 0 Å². The third-order valence-electron chi connectivity index (χ3n) is 4.13. The molecule has 0 aromatic heterocycles. The lowest BCUT2D eigenvalue weighted by Crippen LogP contribution is -2.44. The number of hydrogen-bond acceptors (Lipinski definition) is 1. The van der Waals surface area contributed by atoms with E-state index in [4.69, 9.17) is 0 Å². The van der Waals surface area contributed by atoms with Crippen LogP contribution in [0.15, 0.2) is 60.7 Å². The van der Waals surface area contributed by atoms with E-state index >= 15 is 0 Å². The van der Waals surface area contributed by atoms with Crippen LogP contribution in [0.2, 0.25) is 0 Å². The smallest absolute Gasteiger partial charge is 0.0972 e. The predicted octanol–water partition coefficient (Wildman–Crippen LogP) is 4.20. The van der Waals surface area contributed by atoms with Gasteiger partial charge in [-0.05, 0) is 51.4 Å². The maximum absolute atomic E-state index is 12.6. The summed E-state index contributed by atoms with van der Waals surface area (Å²) >= 11 is 0. The van der Waals surface area contributed by atoms with Crippen LogP contribution in [-0.2, 0) is 11.0 Å². The third-order valence-corrected chi connectivity index (χ3v) is 8.37. The second-order valence-electron chi connectivity index (χ2n) is 7.63. The van der Waals surface area contributed by atoms with Gasteiger partial charge in [0, 0.05) is 6.04 Å². The van der Waals surface area contributed by atoms with E-state index in [-0.39, 0.29) is 10.8 Å². The van der Waals surface area contributed by atoms with Crippen LogP contribution in [0.4, 0.5) is 0 Å². The van der Waals surface area contributed by atoms with Crippen molar-refractivity contribution >= 4 is 29.5 Å². The van der Waals surface area contributed by atoms with Gasteiger partial charge in [0.2, 0.25) is 0 Å². The molecule has 0 fully saturated rings. The van der Waals surface area contributed by atoms with Gasteiger partial charge >= 0.3 is 0 Å². The largest absolute Gasteiger partial charge is 0.242 e. The molecular formula is C21H30NOPS. The highest BCUT2D eigenvalue weighted by atomic mass is 32.2. The van der Waals surface area contributed by atoms with Crippen molar-refractivity contribution in [3.63, 3.8) is 0 Å². The second-order valence-corrected chi connectivity index (χ2v) is 11.9. The van der Waals surface area contributed by atoms with Crippen molar-refractivity contribution in [2.24, 2.45) is 5.92 Å². The molecular weight excluding hydrogens is 345 g/mol. The Bertz CT molecular complexity index is 628. The minimum Gasteiger partial charge on any atom is -0.242 e. The molecule has 0 aliphatic rings. The van der Waals surface area contributed by atoms with Gasteiger partial charge in [0.15, 0.2) is 0 Å². The monoisotopic (exact) mass is 375 g/mol. The maximum atomic E-state index is 12.6. The minimum absolute atomic E-state index is 0.214. The van der Waals surface area contributed by atoms with Gasteiger partial charge in [-0.15, -0.1) is 0 Å². The van der Waals surface area contributed by atoms with E-state index in [1.807, 2.05) is 20.8 Å². The first-order valence-corrected chi connectivity index (χ1v) is 11.5. The molecule has 0 heterocycles. The minimum atomic E-state index is -1.06. The standard InChI is InChI=1S/C21H30NOPS/c1-17(2)20(22-25(23)21(3,4)5)16-24(18-12-8-6-9-13-18)19-14-10-7-11-15-19/h6-15,17,20,22H,16H2,1-5H3/t20-,25+/m1/s1. The van der Waals surface area contributed by atoms with Crippen LogP contribution in [-0.4, -0.2) is 21.2 Å². The van der Waals surface area contributed by atoms with Gasteiger partial charge in [0.05, 0.1) is 15.7 Å². The SMILES string of the molecule is CC(C)[C@@H](CP(c1ccccc1)c1ccccc1)N[S@@](=O)C(C)(C)C. The second kappa shape index (κ2) is 9.07. The summed E-state index contributed by atoms with van der Waals surface area (Å²) in [7, 11) is -1.54. The fourth-order valence-corrected chi connectivity index (χ4v) is 6.27. The summed E-state index contributed by atoms with van der Waals surface area (Å²) in [6.45, 7) is 10.5. The third kappa shape index (κ3) is 6.02. The van der Waals surface area contributed by atoms with Crippen LogP contribution < -0.4 is 15.3 Å². The van der Waals surface area contributed by atoms with Crippen LogP contribution in [0.25, 0.3) is 0 Å². The number of hydrogen-bond donors (Lipinski definition) is 1. The van der Waals surface area contributed by atoms with E-state index in [9.17, 15) is 4.21 Å². The molecule has 0 spiro atoms. The molecule has 136 valence electrons. The average Bonchev–Trinajstić information content (AvgIpc) is 2.58. The van der Waals surface area contributed by atoms with Crippen molar-refractivity contribution < 1.29 is 4.21 Å². The molecule has 2 aromatic rings. The van der Waals surface area contributed by atoms with Crippen molar-refractivity contribution in [3.05, 3.63) is 60.7 Å². The highest BCUT2D eigenvalue weighted by molar-refractivity contribution is 7.84. The van der Waals surface area contributed by atoms with Gasteiger partial charge in [0.25, 0.3) is 0 Å². The Kier molecular flexibility index (Phi) is 7.37. The highest BCUT2D eigenvalue weighted by Gasteiger charge is 2.27. The van der Waals surface area contributed by atoms with Crippen LogP contribution in [0.1, 0.15) is 34.6 Å². The first-order valence-electron chi connectivity index (χ1n) is 8.84. The summed E-state index contributed by atoms with van der Waals surface area (Å²) in [5, 5.41) is 2.75. The van der Waals surface area contributed by atoms with Crippen molar-refractivity contribution in [1.82, 2.24) is 4.72 Å². The Morgan fingerprint density at radius 1 is 0.920 bits per heavy atom. The van der Waals surface area contributed by atoms with Crippen LogP contribution in [0.3, 0.4) is 0 Å². The molecule has 0 amide bonds. The zero-order valence-corrected chi connectivity index (χ0v) is 17.6. The molecule has 1 N–H and O–H groups in total. The number of nitrogens with one attached hydrogen (secondary N) is 1. The summed E-state index contributed by atoms with van der Waals surface area (Å²) in [6, 6.07) is 21.7. The van der Waals surface area contributed by atoms with Crippen molar-refractivity contribution in [2.75, 3.05) is 6.16 Å². The van der Waals surface area contributed by atoms with Gasteiger partial charge in [0.1, 0.15) is 0 Å². The Hall–Kier alpha value is -1.02. The quantitative estimate of drug-likeness (QED) is 0.722. The normalized spacial score (nSPS) is 14.7. The Morgan fingerprint density at radius 2 is 1.36 bits per heavy atom. The lowest BCUT2D eigenvalue weighted by molar-refractivity contribution is 0.492. The fourth-order valence-electron chi connectivity index (χ4n) is 2.47. The molecule has 2 aromatic carbocycles. The molecule has 0 unspecified atom stereocenters. The van der Waals surface area contributed by atoms with E-state index in [1.165, 1.54) is 10.6 Å². The zero-order chi connectivity index (χ0) is 18.4. The molecule has 2 atom stereocenters. The summed E-state index contributed by atoms with van der Waals surface area (Å²) in [6.07, 6.45) is 0.989. The van der Waals surface area contributed by atoms with Crippen LogP contribution >= 0.6 is 7.92 Å². The van der Waals surface area contributed by atoms with Crippen molar-refractivity contribution in [2.45, 2.75) is 45.4 Å². The summed E-state index contributed by atoms with van der Waals surface area (Å²) < 4.78 is 15.8. The average molecular weight is 376 g/mol. The Morgan fingerprint density at radius 3 is 1.72 bits per heavy atom. The molecule has 2 nitrogen and oxygen atoms in total. The molecule has 4 heteroatoms. The summed E-state index contributed by atoms with van der Waals surface area (Å²) in [4.78, 5) is 0. The first-order chi connectivity index (χ1) is 11.8. The molecule has 0 saturated carbocycles. The van der Waals surface area contributed by atoms with Gasteiger partial charge in [-0.25, -0.2) is 8.93 Å². The number of benzene rings is 2. The summed E-state index contributed by atoms with van der Waals surface area (Å²) in [5.41, 5.74) is 0. The van der Waals surface area contributed by atoms with Crippen LogP contribution in [0, 0.1) is 5.92 Å². The molecule has 0 aliphatic carbocycles. The maximum Gasteiger partial charge on any atom is 0.0972 e. The predicted molar refractivity (Wildman–Crippen MR) is 114 cm³/mol. The molecule has 0 aliphatic heterocycles. The highest BCUT2D eigenvalue weighted by Crippen LogP contribution is 2.35. The van der Waals surface area contributed by atoms with E-state index in [2.05, 4.69) is 79.2 Å². The van der Waals surface area contributed by atoms with E-state index in [1.54, 1.807) is 0 Å². The van der Waals surface area contributed by atoms with Gasteiger partial charge in [-0.3, -0.25) is 0 Å². The van der Waals surface area contributed by atoms with Gasteiger partial charge in [-0.1, -0.05) is 74.5 Å². The molecule has 0 radical (unpaired) electrons. The Balaban J connectivity index is 2.29. The van der Waals surface area contributed by atoms with Crippen LogP contribution in [0.5, 0.6) is 0 Å². The molecule has 25 heavy (non-hydrogen) atoms. The van der Waals surface area contributed by atoms with Gasteiger partial charge < -0.3 is 0 Å². The van der Waals surface area contributed by atoms with E-state index in [0.29, 0.717) is 5.92 Å². The van der Waals surface area contributed by atoms with E-state index < -0.39 is 18.9 Å². The van der Waals surface area contributed by atoms with Crippen molar-refractivity contribution in [3.8, 4) is 0 Å². The molecule has 0 saturated heterocycles. The lowest BCUT2D eigenvalue weighted by Gasteiger charge is -2.30. The fraction of sp³-hybridized carbons (Fsp3) is 0.429. The lowest BCUT2D eigenvalue weighted by atomic mass is 10.1. The number of rotatable bonds is 7. The van der Waals surface area contributed by atoms with E-state index in [0.717, 1.165) is 6.16 Å². The van der Waals surface area contributed by atoms with Crippen molar-refractivity contribution in [1.29, 1.82) is 0 Å². The Labute approximate surface area is 156 Å². The molecule has 2 rings (SSSR count). The zero-order valence-electron chi connectivity index (χ0n) is 15.9. The summed E-state index contributed by atoms with van der Waals surface area (Å²) in [5.74, 6) is 0.420. The molecule has 0 bridgehead atoms. The topological polar surface area (TPSA) is 29.1 Å². The first kappa shape index (κ1) is 20.3.